The van der Waals surface area contributed by atoms with Gasteiger partial charge in [0.05, 0.1) is 23.9 Å². The number of hydrogen-bond acceptors (Lipinski definition) is 5. The highest BCUT2D eigenvalue weighted by Crippen LogP contribution is 2.31. The Hall–Kier alpha value is -3.24. The highest BCUT2D eigenvalue weighted by atomic mass is 19.4. The summed E-state index contributed by atoms with van der Waals surface area (Å²) in [5, 5.41) is 0. The van der Waals surface area contributed by atoms with E-state index in [1.165, 1.54) is 16.7 Å². The normalized spacial score (nSPS) is 17.7. The van der Waals surface area contributed by atoms with Crippen molar-refractivity contribution in [1.29, 1.82) is 0 Å². The van der Waals surface area contributed by atoms with Crippen LogP contribution in [0.25, 0.3) is 17.2 Å². The van der Waals surface area contributed by atoms with Gasteiger partial charge in [-0.25, -0.2) is 19.3 Å². The predicted octanol–water partition coefficient (Wildman–Crippen LogP) is 2.65. The van der Waals surface area contributed by atoms with Gasteiger partial charge in [0.1, 0.15) is 11.3 Å². The molecule has 2 N–H and O–H groups in total. The summed E-state index contributed by atoms with van der Waals surface area (Å²) in [5.41, 5.74) is 4.98. The molecular weight excluding hydrogens is 392 g/mol. The predicted molar refractivity (Wildman–Crippen MR) is 95.3 cm³/mol. The van der Waals surface area contributed by atoms with Crippen LogP contribution < -0.4 is 10.6 Å². The third kappa shape index (κ3) is 3.59. The average molecular weight is 408 g/mol. The Balaban J connectivity index is 1.75. The quantitative estimate of drug-likeness (QED) is 0.673. The number of carbonyl (C=O) groups excluding carboxylic acids is 1. The van der Waals surface area contributed by atoms with E-state index < -0.39 is 29.4 Å². The molecule has 11 heteroatoms. The minimum atomic E-state index is -4.53. The molecule has 0 spiro atoms. The van der Waals surface area contributed by atoms with Gasteiger partial charge in [-0.3, -0.25) is 9.20 Å². The van der Waals surface area contributed by atoms with Gasteiger partial charge in [-0.2, -0.15) is 13.2 Å². The second-order valence-corrected chi connectivity index (χ2v) is 6.84. The van der Waals surface area contributed by atoms with Gasteiger partial charge in [0.25, 0.3) is 0 Å². The molecule has 0 unspecified atom stereocenters. The molecule has 3 aromatic rings. The SMILES string of the molecule is NC(=O)[C@H]1CCCN(c2nc(-c3cnc4ccc(C(F)(F)F)cn34)ncc2F)C1. The zero-order valence-electron chi connectivity index (χ0n) is 15.0. The summed E-state index contributed by atoms with van der Waals surface area (Å²) in [6, 6.07) is 2.17. The Morgan fingerprint density at radius 3 is 2.72 bits per heavy atom. The molecule has 1 aliphatic heterocycles. The molecule has 1 saturated heterocycles. The van der Waals surface area contributed by atoms with Gasteiger partial charge in [0, 0.05) is 19.3 Å². The first-order valence-corrected chi connectivity index (χ1v) is 8.85. The third-order valence-corrected chi connectivity index (χ3v) is 4.91. The zero-order chi connectivity index (χ0) is 20.8. The summed E-state index contributed by atoms with van der Waals surface area (Å²) in [6.07, 6.45) is -0.0977. The fraction of sp³-hybridized carbons (Fsp3) is 0.333. The molecule has 0 aromatic carbocycles. The van der Waals surface area contributed by atoms with Gasteiger partial charge in [-0.05, 0) is 25.0 Å². The van der Waals surface area contributed by atoms with Crippen LogP contribution in [0.1, 0.15) is 18.4 Å². The van der Waals surface area contributed by atoms with E-state index in [0.29, 0.717) is 19.4 Å². The van der Waals surface area contributed by atoms with Crippen molar-refractivity contribution >= 4 is 17.4 Å². The number of pyridine rings is 1. The number of piperidine rings is 1. The molecule has 0 radical (unpaired) electrons. The molecule has 0 saturated carbocycles. The Bertz CT molecular complexity index is 1080. The van der Waals surface area contributed by atoms with E-state index in [2.05, 4.69) is 15.0 Å². The summed E-state index contributed by atoms with van der Waals surface area (Å²) < 4.78 is 54.8. The lowest BCUT2D eigenvalue weighted by atomic mass is 9.97. The topological polar surface area (TPSA) is 89.4 Å². The van der Waals surface area contributed by atoms with E-state index >= 15 is 0 Å². The molecule has 3 aromatic heterocycles. The molecule has 1 fully saturated rings. The maximum absolute atomic E-state index is 14.4. The summed E-state index contributed by atoms with van der Waals surface area (Å²) in [6.45, 7) is 0.691. The first-order valence-electron chi connectivity index (χ1n) is 8.85. The van der Waals surface area contributed by atoms with Crippen LogP contribution in [0.5, 0.6) is 0 Å². The number of carbonyl (C=O) groups is 1. The smallest absolute Gasteiger partial charge is 0.369 e. The Morgan fingerprint density at radius 2 is 2.00 bits per heavy atom. The Labute approximate surface area is 162 Å². The maximum atomic E-state index is 14.4. The summed E-state index contributed by atoms with van der Waals surface area (Å²) in [7, 11) is 0. The lowest BCUT2D eigenvalue weighted by Crippen LogP contribution is -2.42. The summed E-state index contributed by atoms with van der Waals surface area (Å²) in [5.74, 6) is -1.58. The van der Waals surface area contributed by atoms with Gasteiger partial charge in [-0.15, -0.1) is 0 Å². The first-order chi connectivity index (χ1) is 13.7. The summed E-state index contributed by atoms with van der Waals surface area (Å²) >= 11 is 0. The highest BCUT2D eigenvalue weighted by Gasteiger charge is 2.31. The van der Waals surface area contributed by atoms with Crippen molar-refractivity contribution in [3.63, 3.8) is 0 Å². The molecule has 7 nitrogen and oxygen atoms in total. The van der Waals surface area contributed by atoms with Crippen LogP contribution in [0.4, 0.5) is 23.4 Å². The molecule has 1 aliphatic rings. The van der Waals surface area contributed by atoms with Crippen molar-refractivity contribution in [2.24, 2.45) is 11.7 Å². The van der Waals surface area contributed by atoms with Gasteiger partial charge >= 0.3 is 6.18 Å². The van der Waals surface area contributed by atoms with Crippen LogP contribution >= 0.6 is 0 Å². The molecule has 4 heterocycles. The standard InChI is InChI=1S/C18H16F4N6O/c19-12-6-25-16(26-17(12)27-5-1-2-10(8-27)15(23)29)13-7-24-14-4-3-11(9-28(13)14)18(20,21)22/h3-4,6-7,9-10H,1-2,5,8H2,(H2,23,29)/t10-/m0/s1. The van der Waals surface area contributed by atoms with Crippen molar-refractivity contribution < 1.29 is 22.4 Å². The van der Waals surface area contributed by atoms with Crippen LogP contribution in [0, 0.1) is 11.7 Å². The third-order valence-electron chi connectivity index (χ3n) is 4.91. The van der Waals surface area contributed by atoms with E-state index in [4.69, 9.17) is 5.73 Å². The van der Waals surface area contributed by atoms with Crippen LogP contribution in [-0.4, -0.2) is 38.3 Å². The maximum Gasteiger partial charge on any atom is 0.417 e. The molecule has 1 atom stereocenters. The number of anilines is 1. The van der Waals surface area contributed by atoms with E-state index in [0.717, 1.165) is 18.5 Å². The number of halogens is 4. The number of nitrogens with two attached hydrogens (primary N) is 1. The second kappa shape index (κ2) is 6.98. The number of hydrogen-bond donors (Lipinski definition) is 1. The lowest BCUT2D eigenvalue weighted by molar-refractivity contribution is -0.137. The van der Waals surface area contributed by atoms with Crippen molar-refractivity contribution in [3.8, 4) is 11.5 Å². The Kier molecular flexibility index (Phi) is 4.59. The minimum Gasteiger partial charge on any atom is -0.369 e. The molecule has 29 heavy (non-hydrogen) atoms. The van der Waals surface area contributed by atoms with Crippen molar-refractivity contribution in [2.45, 2.75) is 19.0 Å². The fourth-order valence-corrected chi connectivity index (χ4v) is 3.42. The van der Waals surface area contributed by atoms with Crippen molar-refractivity contribution in [2.75, 3.05) is 18.0 Å². The second-order valence-electron chi connectivity index (χ2n) is 6.84. The number of rotatable bonds is 3. The van der Waals surface area contributed by atoms with Crippen molar-refractivity contribution in [1.82, 2.24) is 19.4 Å². The molecule has 152 valence electrons. The zero-order valence-corrected chi connectivity index (χ0v) is 15.0. The van der Waals surface area contributed by atoms with Gasteiger partial charge in [0.2, 0.25) is 5.91 Å². The highest BCUT2D eigenvalue weighted by molar-refractivity contribution is 5.77. The van der Waals surface area contributed by atoms with Gasteiger partial charge < -0.3 is 10.6 Å². The van der Waals surface area contributed by atoms with E-state index in [9.17, 15) is 22.4 Å². The average Bonchev–Trinajstić information content (AvgIpc) is 3.11. The molecule has 0 bridgehead atoms. The Morgan fingerprint density at radius 1 is 1.21 bits per heavy atom. The van der Waals surface area contributed by atoms with Crippen LogP contribution in [0.15, 0.2) is 30.7 Å². The summed E-state index contributed by atoms with van der Waals surface area (Å²) in [4.78, 5) is 25.3. The first kappa shape index (κ1) is 19.1. The van der Waals surface area contributed by atoms with Gasteiger partial charge in [-0.1, -0.05) is 0 Å². The van der Waals surface area contributed by atoms with E-state index in [1.807, 2.05) is 0 Å². The number of alkyl halides is 3. The lowest BCUT2D eigenvalue weighted by Gasteiger charge is -2.32. The molecule has 0 aliphatic carbocycles. The number of nitrogens with zero attached hydrogens (tertiary/aromatic N) is 5. The van der Waals surface area contributed by atoms with Crippen LogP contribution in [0.2, 0.25) is 0 Å². The van der Waals surface area contributed by atoms with E-state index in [1.54, 1.807) is 4.90 Å². The molecule has 4 rings (SSSR count). The number of imidazole rings is 1. The number of amides is 1. The fourth-order valence-electron chi connectivity index (χ4n) is 3.42. The molecular formula is C18H16F4N6O. The number of fused-ring (bicyclic) bond motifs is 1. The monoisotopic (exact) mass is 408 g/mol. The van der Waals surface area contributed by atoms with Gasteiger partial charge in [0.15, 0.2) is 17.5 Å². The number of primary amides is 1. The molecule has 1 amide bonds. The van der Waals surface area contributed by atoms with Crippen LogP contribution in [-0.2, 0) is 11.0 Å². The largest absolute Gasteiger partial charge is 0.417 e. The minimum absolute atomic E-state index is 0.0226. The van der Waals surface area contributed by atoms with Crippen LogP contribution in [0.3, 0.4) is 0 Å². The van der Waals surface area contributed by atoms with Crippen molar-refractivity contribution in [3.05, 3.63) is 42.1 Å². The van der Waals surface area contributed by atoms with E-state index in [-0.39, 0.29) is 29.5 Å². The number of aromatic nitrogens is 4.